The summed E-state index contributed by atoms with van der Waals surface area (Å²) in [4.78, 5) is 20.1. The molecule has 3 aromatic carbocycles. The summed E-state index contributed by atoms with van der Waals surface area (Å²) in [5, 5.41) is 11.0. The second-order valence-corrected chi connectivity index (χ2v) is 10.8. The lowest BCUT2D eigenvalue weighted by atomic mass is 9.91. The first-order valence-electron chi connectivity index (χ1n) is 12.9. The molecule has 0 saturated carbocycles. The van der Waals surface area contributed by atoms with E-state index in [0.717, 1.165) is 44.3 Å². The van der Waals surface area contributed by atoms with Crippen LogP contribution < -0.4 is 9.64 Å². The summed E-state index contributed by atoms with van der Waals surface area (Å²) in [6, 6.07) is 22.5. The van der Waals surface area contributed by atoms with Crippen molar-refractivity contribution in [1.82, 2.24) is 4.98 Å². The number of ether oxygens (including phenoxy) is 1. The lowest BCUT2D eigenvalue weighted by Gasteiger charge is -2.27. The van der Waals surface area contributed by atoms with Crippen LogP contribution in [0.4, 0.5) is 5.82 Å². The Kier molecular flexibility index (Phi) is 8.28. The lowest BCUT2D eigenvalue weighted by Crippen LogP contribution is -2.34. The van der Waals surface area contributed by atoms with Gasteiger partial charge in [-0.05, 0) is 69.8 Å². The Hall–Kier alpha value is -3.96. The number of aryl methyl sites for hydroxylation is 1. The molecule has 196 valence electrons. The molecule has 0 bridgehead atoms. The minimum atomic E-state index is -0.155. The van der Waals surface area contributed by atoms with Gasteiger partial charge in [-0.3, -0.25) is 9.69 Å². The number of hydrogen-bond acceptors (Lipinski definition) is 4. The molecule has 4 rings (SSSR count). The fourth-order valence-electron chi connectivity index (χ4n) is 4.56. The van der Waals surface area contributed by atoms with Gasteiger partial charge in [0.05, 0.1) is 20.3 Å². The van der Waals surface area contributed by atoms with Gasteiger partial charge < -0.3 is 9.84 Å². The molecule has 0 saturated heterocycles. The van der Waals surface area contributed by atoms with Gasteiger partial charge in [-0.2, -0.15) is 0 Å². The normalized spacial score (nSPS) is 11.7. The van der Waals surface area contributed by atoms with Crippen LogP contribution in [-0.4, -0.2) is 29.7 Å². The number of aliphatic hydroxyl groups is 1. The maximum absolute atomic E-state index is 13.6. The van der Waals surface area contributed by atoms with Crippen molar-refractivity contribution in [2.24, 2.45) is 5.41 Å². The second-order valence-electron chi connectivity index (χ2n) is 10.8. The average Bonchev–Trinajstić information content (AvgIpc) is 2.89. The molecule has 0 aliphatic heterocycles. The van der Waals surface area contributed by atoms with Gasteiger partial charge in [-0.25, -0.2) is 4.98 Å². The second kappa shape index (κ2) is 11.6. The van der Waals surface area contributed by atoms with E-state index in [1.165, 1.54) is 0 Å². The minimum absolute atomic E-state index is 0.00836. The molecule has 38 heavy (non-hydrogen) atoms. The fourth-order valence-corrected chi connectivity index (χ4v) is 4.56. The highest BCUT2D eigenvalue weighted by Crippen LogP contribution is 2.31. The molecule has 1 heterocycles. The summed E-state index contributed by atoms with van der Waals surface area (Å²) < 4.78 is 5.40. The highest BCUT2D eigenvalue weighted by atomic mass is 16.5. The summed E-state index contributed by atoms with van der Waals surface area (Å²) in [5.41, 5.74) is 5.18. The summed E-state index contributed by atoms with van der Waals surface area (Å²) in [6.07, 6.45) is 5.75. The molecule has 0 unspecified atom stereocenters. The van der Waals surface area contributed by atoms with Gasteiger partial charge in [0.25, 0.3) is 0 Å². The van der Waals surface area contributed by atoms with Crippen molar-refractivity contribution >= 4 is 28.6 Å². The van der Waals surface area contributed by atoms with Crippen LogP contribution in [0.5, 0.6) is 5.75 Å². The van der Waals surface area contributed by atoms with Crippen LogP contribution in [0.15, 0.2) is 79.0 Å². The Morgan fingerprint density at radius 3 is 2.39 bits per heavy atom. The monoisotopic (exact) mass is 508 g/mol. The molecule has 1 N–H and O–H groups in total. The maximum atomic E-state index is 13.6. The average molecular weight is 509 g/mol. The Bertz CT molecular complexity index is 1450. The van der Waals surface area contributed by atoms with Gasteiger partial charge in [0.15, 0.2) is 0 Å². The van der Waals surface area contributed by atoms with Crippen molar-refractivity contribution in [2.45, 2.75) is 40.7 Å². The molecule has 0 aliphatic rings. The van der Waals surface area contributed by atoms with E-state index in [4.69, 9.17) is 9.84 Å². The molecule has 1 amide bonds. The fraction of sp³-hybridized carbons (Fsp3) is 0.273. The van der Waals surface area contributed by atoms with Crippen LogP contribution in [0.2, 0.25) is 0 Å². The van der Waals surface area contributed by atoms with E-state index in [2.05, 4.69) is 62.2 Å². The van der Waals surface area contributed by atoms with E-state index in [9.17, 15) is 4.79 Å². The molecule has 0 aliphatic carbocycles. The van der Waals surface area contributed by atoms with E-state index < -0.39 is 0 Å². The van der Waals surface area contributed by atoms with E-state index in [-0.39, 0.29) is 17.9 Å². The smallest absolute Gasteiger partial charge is 0.229 e. The van der Waals surface area contributed by atoms with Crippen LogP contribution in [-0.2, 0) is 11.3 Å². The topological polar surface area (TPSA) is 62.7 Å². The Balaban J connectivity index is 1.68. The van der Waals surface area contributed by atoms with Crippen LogP contribution in [0.3, 0.4) is 0 Å². The summed E-state index contributed by atoms with van der Waals surface area (Å²) >= 11 is 0. The third-order valence-electron chi connectivity index (χ3n) is 6.44. The largest absolute Gasteiger partial charge is 0.496 e. The standard InChI is InChI=1S/C33H36N2O3/c1-23-19-27(13-15-30(23)38-5)26-11-8-25(9-12-26)22-35(31(37)21-33(2,3)4)32-29-14-10-24(7-6-18-36)20-28(29)16-17-34-32/h6-17,19-20,36H,18,21-22H2,1-5H3. The van der Waals surface area contributed by atoms with Gasteiger partial charge in [-0.15, -0.1) is 0 Å². The number of benzene rings is 3. The van der Waals surface area contributed by atoms with Gasteiger partial charge in [0, 0.05) is 18.0 Å². The Morgan fingerprint density at radius 2 is 1.74 bits per heavy atom. The lowest BCUT2D eigenvalue weighted by molar-refractivity contribution is -0.120. The van der Waals surface area contributed by atoms with Crippen molar-refractivity contribution in [3.8, 4) is 16.9 Å². The van der Waals surface area contributed by atoms with Crippen LogP contribution in [0, 0.1) is 12.3 Å². The number of pyridine rings is 1. The third kappa shape index (κ3) is 6.48. The molecular formula is C33H36N2O3. The van der Waals surface area contributed by atoms with Crippen LogP contribution >= 0.6 is 0 Å². The van der Waals surface area contributed by atoms with Gasteiger partial charge in [0.2, 0.25) is 5.91 Å². The zero-order valence-corrected chi connectivity index (χ0v) is 22.9. The molecule has 0 atom stereocenters. The summed E-state index contributed by atoms with van der Waals surface area (Å²) in [7, 11) is 1.68. The van der Waals surface area contributed by atoms with E-state index in [1.54, 1.807) is 19.4 Å². The van der Waals surface area contributed by atoms with Crippen molar-refractivity contribution in [3.05, 3.63) is 95.7 Å². The number of nitrogens with zero attached hydrogens (tertiary/aromatic N) is 2. The first-order chi connectivity index (χ1) is 18.2. The number of rotatable bonds is 8. The number of aromatic nitrogens is 1. The molecule has 5 heteroatoms. The maximum Gasteiger partial charge on any atom is 0.229 e. The molecule has 1 aromatic heterocycles. The molecule has 0 radical (unpaired) electrons. The van der Waals surface area contributed by atoms with Gasteiger partial charge >= 0.3 is 0 Å². The predicted molar refractivity (Wildman–Crippen MR) is 156 cm³/mol. The SMILES string of the molecule is COc1ccc(-c2ccc(CN(C(=O)CC(C)(C)C)c3nccc4cc(C=CCO)ccc34)cc2)cc1C. The van der Waals surface area contributed by atoms with Gasteiger partial charge in [0.1, 0.15) is 11.6 Å². The van der Waals surface area contributed by atoms with E-state index in [0.29, 0.717) is 18.8 Å². The number of anilines is 1. The molecule has 5 nitrogen and oxygen atoms in total. The first-order valence-corrected chi connectivity index (χ1v) is 12.9. The van der Waals surface area contributed by atoms with Crippen molar-refractivity contribution < 1.29 is 14.6 Å². The minimum Gasteiger partial charge on any atom is -0.496 e. The summed E-state index contributed by atoms with van der Waals surface area (Å²) in [6.45, 7) is 8.68. The molecule has 0 fully saturated rings. The molecule has 4 aromatic rings. The van der Waals surface area contributed by atoms with Crippen molar-refractivity contribution in [1.29, 1.82) is 0 Å². The number of aliphatic hydroxyl groups excluding tert-OH is 1. The Labute approximate surface area is 225 Å². The number of carbonyl (C=O) groups excluding carboxylic acids is 1. The highest BCUT2D eigenvalue weighted by Gasteiger charge is 2.25. The third-order valence-corrected chi connectivity index (χ3v) is 6.44. The predicted octanol–water partition coefficient (Wildman–Crippen LogP) is 7.19. The highest BCUT2D eigenvalue weighted by molar-refractivity contribution is 6.02. The van der Waals surface area contributed by atoms with Crippen LogP contribution in [0.25, 0.3) is 28.0 Å². The van der Waals surface area contributed by atoms with E-state index in [1.807, 2.05) is 48.2 Å². The number of fused-ring (bicyclic) bond motifs is 1. The van der Waals surface area contributed by atoms with Crippen molar-refractivity contribution in [3.63, 3.8) is 0 Å². The zero-order valence-electron chi connectivity index (χ0n) is 22.9. The Morgan fingerprint density at radius 1 is 1.00 bits per heavy atom. The summed E-state index contributed by atoms with van der Waals surface area (Å²) in [5.74, 6) is 1.57. The van der Waals surface area contributed by atoms with Gasteiger partial charge in [-0.1, -0.05) is 75.4 Å². The van der Waals surface area contributed by atoms with Crippen molar-refractivity contribution in [2.75, 3.05) is 18.6 Å². The zero-order chi connectivity index (χ0) is 27.3. The number of amides is 1. The van der Waals surface area contributed by atoms with Crippen LogP contribution in [0.1, 0.15) is 43.9 Å². The van der Waals surface area contributed by atoms with E-state index >= 15 is 0 Å². The first kappa shape index (κ1) is 27.1. The number of carbonyl (C=O) groups is 1. The molecular weight excluding hydrogens is 472 g/mol. The quantitative estimate of drug-likeness (QED) is 0.273. The number of hydrogen-bond donors (Lipinski definition) is 1. The number of methoxy groups -OCH3 is 1. The molecule has 0 spiro atoms.